The van der Waals surface area contributed by atoms with E-state index in [9.17, 15) is 0 Å². The molecule has 3 rings (SSSR count). The van der Waals surface area contributed by atoms with E-state index in [0.29, 0.717) is 0 Å². The highest BCUT2D eigenvalue weighted by Crippen LogP contribution is 2.37. The Kier molecular flexibility index (Phi) is 2.12. The molecule has 0 radical (unpaired) electrons. The van der Waals surface area contributed by atoms with Gasteiger partial charge in [0.25, 0.3) is 0 Å². The monoisotopic (exact) mass is 209 g/mol. The van der Waals surface area contributed by atoms with Crippen LogP contribution in [-0.4, -0.2) is 42.7 Å². The number of hydrogen-bond acceptors (Lipinski definition) is 4. The van der Waals surface area contributed by atoms with Gasteiger partial charge in [-0.25, -0.2) is 0 Å². The van der Waals surface area contributed by atoms with E-state index in [4.69, 9.17) is 10.5 Å². The van der Waals surface area contributed by atoms with Crippen molar-refractivity contribution in [3.05, 3.63) is 0 Å². The first kappa shape index (κ1) is 9.46. The molecule has 0 aromatic heterocycles. The van der Waals surface area contributed by atoms with E-state index in [2.05, 4.69) is 9.89 Å². The van der Waals surface area contributed by atoms with Crippen molar-refractivity contribution in [2.45, 2.75) is 31.2 Å². The Morgan fingerprint density at radius 2 is 2.13 bits per heavy atom. The molecular formula is C11H19N3O. The highest BCUT2D eigenvalue weighted by Gasteiger charge is 2.44. The Morgan fingerprint density at radius 3 is 2.80 bits per heavy atom. The lowest BCUT2D eigenvalue weighted by Gasteiger charge is -2.42. The topological polar surface area (TPSA) is 50.9 Å². The third kappa shape index (κ3) is 1.61. The van der Waals surface area contributed by atoms with Crippen LogP contribution in [0.3, 0.4) is 0 Å². The lowest BCUT2D eigenvalue weighted by molar-refractivity contribution is 0.0102. The number of nitrogens with zero attached hydrogens (tertiary/aromatic N) is 2. The average molecular weight is 209 g/mol. The van der Waals surface area contributed by atoms with Gasteiger partial charge in [-0.1, -0.05) is 0 Å². The number of aliphatic imine (C=N–C) groups is 1. The predicted molar refractivity (Wildman–Crippen MR) is 58.7 cm³/mol. The number of ether oxygens (including phenoxy) is 1. The van der Waals surface area contributed by atoms with Crippen LogP contribution in [-0.2, 0) is 4.74 Å². The van der Waals surface area contributed by atoms with Gasteiger partial charge >= 0.3 is 0 Å². The molecule has 0 amide bonds. The van der Waals surface area contributed by atoms with Crippen LogP contribution in [0.2, 0.25) is 0 Å². The standard InChI is InChI=1S/C11H19N3O/c12-10-13-8-11(3-5-15-6-4-11)14(10)7-9-1-2-9/h9H,1-8H2,(H2,12,13). The fourth-order valence-electron chi connectivity index (χ4n) is 2.67. The zero-order valence-electron chi connectivity index (χ0n) is 9.11. The second-order valence-electron chi connectivity index (χ2n) is 5.07. The van der Waals surface area contributed by atoms with Crippen LogP contribution in [0.25, 0.3) is 0 Å². The largest absolute Gasteiger partial charge is 0.381 e. The molecule has 2 fully saturated rings. The lowest BCUT2D eigenvalue weighted by atomic mass is 9.89. The minimum Gasteiger partial charge on any atom is -0.381 e. The third-order valence-corrected chi connectivity index (χ3v) is 3.95. The van der Waals surface area contributed by atoms with Gasteiger partial charge in [0.15, 0.2) is 5.96 Å². The second-order valence-corrected chi connectivity index (χ2v) is 5.07. The minimum absolute atomic E-state index is 0.213. The number of nitrogens with two attached hydrogens (primary N) is 1. The van der Waals surface area contributed by atoms with Crippen LogP contribution >= 0.6 is 0 Å². The molecule has 1 spiro atoms. The van der Waals surface area contributed by atoms with Crippen molar-refractivity contribution in [2.75, 3.05) is 26.3 Å². The molecule has 0 unspecified atom stereocenters. The number of rotatable bonds is 2. The maximum Gasteiger partial charge on any atom is 0.191 e. The van der Waals surface area contributed by atoms with Crippen LogP contribution in [0.15, 0.2) is 4.99 Å². The molecule has 0 atom stereocenters. The van der Waals surface area contributed by atoms with Crippen molar-refractivity contribution < 1.29 is 4.74 Å². The summed E-state index contributed by atoms with van der Waals surface area (Å²) in [5.74, 6) is 1.64. The van der Waals surface area contributed by atoms with Crippen LogP contribution in [0.4, 0.5) is 0 Å². The van der Waals surface area contributed by atoms with Gasteiger partial charge in [0, 0.05) is 19.8 Å². The molecule has 15 heavy (non-hydrogen) atoms. The van der Waals surface area contributed by atoms with Gasteiger partial charge in [-0.05, 0) is 31.6 Å². The van der Waals surface area contributed by atoms with Crippen molar-refractivity contribution in [2.24, 2.45) is 16.6 Å². The summed E-state index contributed by atoms with van der Waals surface area (Å²) in [5.41, 5.74) is 6.21. The Balaban J connectivity index is 1.75. The van der Waals surface area contributed by atoms with Gasteiger partial charge in [-0.2, -0.15) is 0 Å². The van der Waals surface area contributed by atoms with Crippen molar-refractivity contribution in [1.29, 1.82) is 0 Å². The Labute approximate surface area is 90.5 Å². The summed E-state index contributed by atoms with van der Waals surface area (Å²) in [4.78, 5) is 6.81. The van der Waals surface area contributed by atoms with Crippen molar-refractivity contribution in [3.63, 3.8) is 0 Å². The third-order valence-electron chi connectivity index (χ3n) is 3.95. The first-order valence-corrected chi connectivity index (χ1v) is 5.95. The summed E-state index contributed by atoms with van der Waals surface area (Å²) in [6.07, 6.45) is 4.92. The van der Waals surface area contributed by atoms with E-state index in [1.54, 1.807) is 0 Å². The number of guanidine groups is 1. The summed E-state index contributed by atoms with van der Waals surface area (Å²) < 4.78 is 5.44. The average Bonchev–Trinajstić information content (AvgIpc) is 3.03. The SMILES string of the molecule is NC1=NCC2(CCOCC2)N1CC1CC1. The molecule has 1 saturated carbocycles. The molecule has 0 aromatic rings. The molecule has 0 aromatic carbocycles. The first-order valence-electron chi connectivity index (χ1n) is 5.95. The summed E-state index contributed by atoms with van der Waals surface area (Å²) in [6.45, 7) is 3.73. The van der Waals surface area contributed by atoms with Gasteiger partial charge in [-0.3, -0.25) is 4.99 Å². The fraction of sp³-hybridized carbons (Fsp3) is 0.909. The van der Waals surface area contributed by atoms with E-state index < -0.39 is 0 Å². The van der Waals surface area contributed by atoms with Crippen LogP contribution in [0.5, 0.6) is 0 Å². The van der Waals surface area contributed by atoms with Crippen LogP contribution < -0.4 is 5.73 Å². The Hall–Kier alpha value is -0.770. The Morgan fingerprint density at radius 1 is 1.40 bits per heavy atom. The molecule has 3 aliphatic rings. The maximum absolute atomic E-state index is 6.00. The molecule has 1 saturated heterocycles. The van der Waals surface area contributed by atoms with Gasteiger partial charge in [0.1, 0.15) is 0 Å². The van der Waals surface area contributed by atoms with Gasteiger partial charge < -0.3 is 15.4 Å². The molecule has 2 N–H and O–H groups in total. The molecule has 2 heterocycles. The molecule has 2 aliphatic heterocycles. The number of hydrogen-bond donors (Lipinski definition) is 1. The van der Waals surface area contributed by atoms with Crippen molar-refractivity contribution in [1.82, 2.24) is 4.90 Å². The van der Waals surface area contributed by atoms with E-state index in [1.165, 1.54) is 12.8 Å². The smallest absolute Gasteiger partial charge is 0.191 e. The van der Waals surface area contributed by atoms with Gasteiger partial charge in [-0.15, -0.1) is 0 Å². The summed E-state index contributed by atoms with van der Waals surface area (Å²) in [5, 5.41) is 0. The van der Waals surface area contributed by atoms with E-state index >= 15 is 0 Å². The molecule has 84 valence electrons. The quantitative estimate of drug-likeness (QED) is 0.723. The zero-order chi connectivity index (χ0) is 10.3. The normalized spacial score (nSPS) is 29.6. The molecule has 4 nitrogen and oxygen atoms in total. The Bertz CT molecular complexity index is 280. The van der Waals surface area contributed by atoms with Gasteiger partial charge in [0.2, 0.25) is 0 Å². The van der Waals surface area contributed by atoms with Crippen molar-refractivity contribution >= 4 is 5.96 Å². The van der Waals surface area contributed by atoms with E-state index in [0.717, 1.165) is 51.0 Å². The predicted octanol–water partition coefficient (Wildman–Crippen LogP) is 0.576. The molecule has 4 heteroatoms. The second kappa shape index (κ2) is 3.37. The maximum atomic E-state index is 6.00. The lowest BCUT2D eigenvalue weighted by Crippen LogP contribution is -2.55. The van der Waals surface area contributed by atoms with Crippen molar-refractivity contribution in [3.8, 4) is 0 Å². The van der Waals surface area contributed by atoms with Gasteiger partial charge in [0.05, 0.1) is 12.1 Å². The molecule has 1 aliphatic carbocycles. The highest BCUT2D eigenvalue weighted by atomic mass is 16.5. The summed E-state index contributed by atoms with van der Waals surface area (Å²) in [7, 11) is 0. The minimum atomic E-state index is 0.213. The van der Waals surface area contributed by atoms with Crippen LogP contribution in [0.1, 0.15) is 25.7 Å². The molecular weight excluding hydrogens is 190 g/mol. The fourth-order valence-corrected chi connectivity index (χ4v) is 2.67. The zero-order valence-corrected chi connectivity index (χ0v) is 9.11. The van der Waals surface area contributed by atoms with Crippen LogP contribution in [0, 0.1) is 5.92 Å². The molecule has 0 bridgehead atoms. The van der Waals surface area contributed by atoms with E-state index in [-0.39, 0.29) is 5.54 Å². The first-order chi connectivity index (χ1) is 7.30. The highest BCUT2D eigenvalue weighted by molar-refractivity contribution is 5.81. The van der Waals surface area contributed by atoms with E-state index in [1.807, 2.05) is 0 Å². The summed E-state index contributed by atoms with van der Waals surface area (Å²) >= 11 is 0. The summed E-state index contributed by atoms with van der Waals surface area (Å²) in [6, 6.07) is 0.